The van der Waals surface area contributed by atoms with Gasteiger partial charge in [-0.1, -0.05) is 0 Å². The quantitative estimate of drug-likeness (QED) is 0.881. The molecule has 2 heterocycles. The molecule has 0 amide bonds. The zero-order valence-electron chi connectivity index (χ0n) is 10.6. The van der Waals surface area contributed by atoms with Crippen molar-refractivity contribution in [1.29, 1.82) is 0 Å². The summed E-state index contributed by atoms with van der Waals surface area (Å²) in [5, 5.41) is 9.06. The molecule has 1 fully saturated rings. The molecule has 0 aliphatic heterocycles. The molecule has 3 rings (SSSR count). The van der Waals surface area contributed by atoms with E-state index in [-0.39, 0.29) is 0 Å². The zero-order chi connectivity index (χ0) is 12.0. The molecular weight excluding hydrogens is 212 g/mol. The second kappa shape index (κ2) is 3.72. The Morgan fingerprint density at radius 1 is 1.47 bits per heavy atom. The standard InChI is InChI=1S/C13H18N4/c1-8(10-4-5-10)15-11-6-12-9(2)16-17(3)13(12)14-7-11/h6-8,10,15H,4-5H2,1-3H3. The van der Waals surface area contributed by atoms with Crippen molar-refractivity contribution in [2.45, 2.75) is 32.7 Å². The van der Waals surface area contributed by atoms with Gasteiger partial charge in [-0.15, -0.1) is 0 Å². The number of rotatable bonds is 3. The Morgan fingerprint density at radius 2 is 2.24 bits per heavy atom. The molecular formula is C13H18N4. The number of hydrogen-bond donors (Lipinski definition) is 1. The summed E-state index contributed by atoms with van der Waals surface area (Å²) >= 11 is 0. The first-order chi connectivity index (χ1) is 8.15. The average molecular weight is 230 g/mol. The number of nitrogens with one attached hydrogen (secondary N) is 1. The third-order valence-electron chi connectivity index (χ3n) is 3.59. The molecule has 1 aliphatic carbocycles. The SMILES string of the molecule is Cc1nn(C)c2ncc(NC(C)C3CC3)cc12. The zero-order valence-corrected chi connectivity index (χ0v) is 10.6. The molecule has 0 bridgehead atoms. The van der Waals surface area contributed by atoms with E-state index in [2.05, 4.69) is 28.4 Å². The first-order valence-electron chi connectivity index (χ1n) is 6.21. The van der Waals surface area contributed by atoms with E-state index in [1.54, 1.807) is 0 Å². The summed E-state index contributed by atoms with van der Waals surface area (Å²) in [4.78, 5) is 4.47. The van der Waals surface area contributed by atoms with Gasteiger partial charge in [-0.3, -0.25) is 4.68 Å². The highest BCUT2D eigenvalue weighted by Crippen LogP contribution is 2.34. The van der Waals surface area contributed by atoms with Gasteiger partial charge in [-0.25, -0.2) is 4.98 Å². The van der Waals surface area contributed by atoms with Crippen LogP contribution >= 0.6 is 0 Å². The van der Waals surface area contributed by atoms with Gasteiger partial charge in [0, 0.05) is 18.5 Å². The molecule has 0 aromatic carbocycles. The molecule has 4 heteroatoms. The lowest BCUT2D eigenvalue weighted by molar-refractivity contribution is 0.694. The van der Waals surface area contributed by atoms with Gasteiger partial charge >= 0.3 is 0 Å². The fourth-order valence-electron chi connectivity index (χ4n) is 2.36. The number of pyridine rings is 1. The van der Waals surface area contributed by atoms with Gasteiger partial charge in [0.2, 0.25) is 0 Å². The van der Waals surface area contributed by atoms with Gasteiger partial charge in [0.15, 0.2) is 5.65 Å². The molecule has 4 nitrogen and oxygen atoms in total. The molecule has 0 radical (unpaired) electrons. The average Bonchev–Trinajstić information content (AvgIpc) is 3.08. The Bertz CT molecular complexity index is 554. The van der Waals surface area contributed by atoms with Crippen LogP contribution in [0, 0.1) is 12.8 Å². The molecule has 17 heavy (non-hydrogen) atoms. The summed E-state index contributed by atoms with van der Waals surface area (Å²) in [5.41, 5.74) is 3.10. The van der Waals surface area contributed by atoms with Crippen LogP contribution in [0.3, 0.4) is 0 Å². The number of fused-ring (bicyclic) bond motifs is 1. The maximum Gasteiger partial charge on any atom is 0.157 e. The van der Waals surface area contributed by atoms with Crippen LogP contribution in [0.4, 0.5) is 5.69 Å². The fraction of sp³-hybridized carbons (Fsp3) is 0.538. The van der Waals surface area contributed by atoms with Crippen molar-refractivity contribution in [3.63, 3.8) is 0 Å². The topological polar surface area (TPSA) is 42.7 Å². The highest BCUT2D eigenvalue weighted by atomic mass is 15.3. The van der Waals surface area contributed by atoms with Crippen molar-refractivity contribution in [3.8, 4) is 0 Å². The summed E-state index contributed by atoms with van der Waals surface area (Å²) in [5.74, 6) is 0.848. The highest BCUT2D eigenvalue weighted by Gasteiger charge is 2.27. The molecule has 1 aliphatic rings. The van der Waals surface area contributed by atoms with Crippen LogP contribution in [0.1, 0.15) is 25.5 Å². The molecule has 1 saturated carbocycles. The Balaban J connectivity index is 1.92. The number of aryl methyl sites for hydroxylation is 2. The first-order valence-corrected chi connectivity index (χ1v) is 6.21. The van der Waals surface area contributed by atoms with Crippen molar-refractivity contribution in [1.82, 2.24) is 14.8 Å². The van der Waals surface area contributed by atoms with Crippen LogP contribution in [-0.4, -0.2) is 20.8 Å². The number of nitrogens with zero attached hydrogens (tertiary/aromatic N) is 3. The molecule has 2 aromatic heterocycles. The molecule has 0 saturated heterocycles. The second-order valence-corrected chi connectivity index (χ2v) is 5.07. The van der Waals surface area contributed by atoms with E-state index in [9.17, 15) is 0 Å². The van der Waals surface area contributed by atoms with Gasteiger partial charge in [-0.2, -0.15) is 5.10 Å². The number of anilines is 1. The van der Waals surface area contributed by atoms with Gasteiger partial charge in [-0.05, 0) is 38.7 Å². The number of hydrogen-bond acceptors (Lipinski definition) is 3. The van der Waals surface area contributed by atoms with Crippen LogP contribution in [-0.2, 0) is 7.05 Å². The number of aromatic nitrogens is 3. The molecule has 1 unspecified atom stereocenters. The van der Waals surface area contributed by atoms with Crippen molar-refractivity contribution in [3.05, 3.63) is 18.0 Å². The van der Waals surface area contributed by atoms with Crippen LogP contribution < -0.4 is 5.32 Å². The van der Waals surface area contributed by atoms with E-state index >= 15 is 0 Å². The summed E-state index contributed by atoms with van der Waals surface area (Å²) in [6.45, 7) is 4.27. The Labute approximate surface area is 101 Å². The predicted molar refractivity (Wildman–Crippen MR) is 69.1 cm³/mol. The summed E-state index contributed by atoms with van der Waals surface area (Å²) in [6, 6.07) is 2.70. The summed E-state index contributed by atoms with van der Waals surface area (Å²) in [7, 11) is 1.93. The lowest BCUT2D eigenvalue weighted by atomic mass is 10.2. The summed E-state index contributed by atoms with van der Waals surface area (Å²) in [6.07, 6.45) is 4.62. The molecule has 1 N–H and O–H groups in total. The van der Waals surface area contributed by atoms with Crippen molar-refractivity contribution in [2.24, 2.45) is 13.0 Å². The fourth-order valence-corrected chi connectivity index (χ4v) is 2.36. The Morgan fingerprint density at radius 3 is 2.94 bits per heavy atom. The van der Waals surface area contributed by atoms with E-state index in [0.29, 0.717) is 6.04 Å². The normalized spacial score (nSPS) is 17.4. The smallest absolute Gasteiger partial charge is 0.157 e. The van der Waals surface area contributed by atoms with Gasteiger partial charge in [0.1, 0.15) is 0 Å². The Kier molecular flexibility index (Phi) is 2.31. The van der Waals surface area contributed by atoms with Crippen LogP contribution in [0.5, 0.6) is 0 Å². The van der Waals surface area contributed by atoms with E-state index in [0.717, 1.165) is 28.3 Å². The minimum absolute atomic E-state index is 0.547. The third-order valence-corrected chi connectivity index (χ3v) is 3.59. The van der Waals surface area contributed by atoms with Gasteiger partial charge < -0.3 is 5.32 Å². The lowest BCUT2D eigenvalue weighted by Crippen LogP contribution is -2.17. The van der Waals surface area contributed by atoms with Crippen molar-refractivity contribution in [2.75, 3.05) is 5.32 Å². The second-order valence-electron chi connectivity index (χ2n) is 5.07. The molecule has 1 atom stereocenters. The minimum Gasteiger partial charge on any atom is -0.381 e. The maximum atomic E-state index is 4.47. The van der Waals surface area contributed by atoms with Crippen LogP contribution in [0.2, 0.25) is 0 Å². The van der Waals surface area contributed by atoms with E-state index < -0.39 is 0 Å². The Hall–Kier alpha value is -1.58. The lowest BCUT2D eigenvalue weighted by Gasteiger charge is -2.13. The van der Waals surface area contributed by atoms with Crippen LogP contribution in [0.15, 0.2) is 12.3 Å². The molecule has 90 valence electrons. The summed E-state index contributed by atoms with van der Waals surface area (Å²) < 4.78 is 1.83. The van der Waals surface area contributed by atoms with E-state index in [1.165, 1.54) is 12.8 Å². The van der Waals surface area contributed by atoms with E-state index in [4.69, 9.17) is 0 Å². The third kappa shape index (κ3) is 1.88. The highest BCUT2D eigenvalue weighted by molar-refractivity contribution is 5.81. The first kappa shape index (κ1) is 10.6. The predicted octanol–water partition coefficient (Wildman–Crippen LogP) is 2.49. The van der Waals surface area contributed by atoms with Gasteiger partial charge in [0.25, 0.3) is 0 Å². The molecule has 2 aromatic rings. The van der Waals surface area contributed by atoms with Crippen molar-refractivity contribution >= 4 is 16.7 Å². The molecule has 0 spiro atoms. The monoisotopic (exact) mass is 230 g/mol. The van der Waals surface area contributed by atoms with E-state index in [1.807, 2.05) is 24.9 Å². The van der Waals surface area contributed by atoms with Gasteiger partial charge in [0.05, 0.1) is 17.6 Å². The maximum absolute atomic E-state index is 4.47. The van der Waals surface area contributed by atoms with Crippen molar-refractivity contribution < 1.29 is 0 Å². The minimum atomic E-state index is 0.547. The van der Waals surface area contributed by atoms with Crippen LogP contribution in [0.25, 0.3) is 11.0 Å². The largest absolute Gasteiger partial charge is 0.381 e.